The van der Waals surface area contributed by atoms with E-state index >= 15 is 0 Å². The maximum atomic E-state index is 11.8. The molecule has 1 N–H and O–H groups in total. The zero-order chi connectivity index (χ0) is 13.5. The molecule has 1 heterocycles. The summed E-state index contributed by atoms with van der Waals surface area (Å²) in [4.78, 5) is 11.8. The highest BCUT2D eigenvalue weighted by Gasteiger charge is 2.20. The van der Waals surface area contributed by atoms with E-state index in [0.29, 0.717) is 26.4 Å². The summed E-state index contributed by atoms with van der Waals surface area (Å²) in [6.45, 7) is 2.39. The van der Waals surface area contributed by atoms with Crippen molar-refractivity contribution in [3.8, 4) is 5.75 Å². The van der Waals surface area contributed by atoms with E-state index in [-0.39, 0.29) is 11.8 Å². The Morgan fingerprint density at radius 3 is 2.68 bits per heavy atom. The smallest absolute Gasteiger partial charge is 0.223 e. The van der Waals surface area contributed by atoms with Gasteiger partial charge >= 0.3 is 0 Å². The largest absolute Gasteiger partial charge is 0.492 e. The Morgan fingerprint density at radius 2 is 2.00 bits per heavy atom. The highest BCUT2D eigenvalue weighted by molar-refractivity contribution is 9.10. The van der Waals surface area contributed by atoms with Gasteiger partial charge in [0.1, 0.15) is 12.4 Å². The Labute approximate surface area is 121 Å². The molecule has 1 fully saturated rings. The van der Waals surface area contributed by atoms with Gasteiger partial charge in [-0.25, -0.2) is 0 Å². The molecule has 5 heteroatoms. The number of carbonyl (C=O) groups is 1. The molecule has 19 heavy (non-hydrogen) atoms. The molecule has 0 aliphatic carbocycles. The summed E-state index contributed by atoms with van der Waals surface area (Å²) in [6, 6.07) is 7.64. The molecular weight excluding hydrogens is 310 g/mol. The third kappa shape index (κ3) is 4.84. The molecule has 1 aromatic carbocycles. The number of nitrogens with one attached hydrogen (secondary N) is 1. The van der Waals surface area contributed by atoms with E-state index in [4.69, 9.17) is 9.47 Å². The second-order valence-electron chi connectivity index (χ2n) is 4.48. The molecule has 1 aliphatic rings. The molecule has 104 valence electrons. The van der Waals surface area contributed by atoms with Crippen LogP contribution in [-0.2, 0) is 9.53 Å². The summed E-state index contributed by atoms with van der Waals surface area (Å²) in [5.74, 6) is 1.02. The normalized spacial score (nSPS) is 16.1. The average Bonchev–Trinajstić information content (AvgIpc) is 2.46. The third-order valence-corrected chi connectivity index (χ3v) is 3.60. The summed E-state index contributed by atoms with van der Waals surface area (Å²) < 4.78 is 11.8. The number of amides is 1. The zero-order valence-electron chi connectivity index (χ0n) is 10.7. The van der Waals surface area contributed by atoms with Crippen molar-refractivity contribution in [1.82, 2.24) is 5.32 Å². The van der Waals surface area contributed by atoms with Crippen LogP contribution in [0.25, 0.3) is 0 Å². The minimum Gasteiger partial charge on any atom is -0.492 e. The van der Waals surface area contributed by atoms with Crippen LogP contribution in [0.4, 0.5) is 0 Å². The Bertz CT molecular complexity index is 402. The van der Waals surface area contributed by atoms with Crippen LogP contribution in [0.15, 0.2) is 28.7 Å². The van der Waals surface area contributed by atoms with Crippen LogP contribution in [0.5, 0.6) is 5.75 Å². The van der Waals surface area contributed by atoms with Gasteiger partial charge in [0, 0.05) is 23.6 Å². The first-order valence-corrected chi connectivity index (χ1v) is 7.29. The van der Waals surface area contributed by atoms with Gasteiger partial charge in [0.25, 0.3) is 0 Å². The van der Waals surface area contributed by atoms with Crippen molar-refractivity contribution in [1.29, 1.82) is 0 Å². The number of halogens is 1. The van der Waals surface area contributed by atoms with E-state index in [0.717, 1.165) is 23.1 Å². The van der Waals surface area contributed by atoms with E-state index in [1.54, 1.807) is 0 Å². The molecule has 1 amide bonds. The number of hydrogen-bond acceptors (Lipinski definition) is 3. The van der Waals surface area contributed by atoms with Crippen LogP contribution >= 0.6 is 15.9 Å². The summed E-state index contributed by atoms with van der Waals surface area (Å²) >= 11 is 3.37. The fourth-order valence-corrected chi connectivity index (χ4v) is 2.24. The number of hydrogen-bond donors (Lipinski definition) is 1. The zero-order valence-corrected chi connectivity index (χ0v) is 12.3. The van der Waals surface area contributed by atoms with Gasteiger partial charge in [-0.1, -0.05) is 15.9 Å². The predicted molar refractivity (Wildman–Crippen MR) is 76.2 cm³/mol. The molecule has 0 bridgehead atoms. The van der Waals surface area contributed by atoms with Crippen molar-refractivity contribution >= 4 is 21.8 Å². The Morgan fingerprint density at radius 1 is 1.32 bits per heavy atom. The van der Waals surface area contributed by atoms with Crippen molar-refractivity contribution < 1.29 is 14.3 Å². The summed E-state index contributed by atoms with van der Waals surface area (Å²) in [5, 5.41) is 2.91. The summed E-state index contributed by atoms with van der Waals surface area (Å²) in [7, 11) is 0. The first-order valence-electron chi connectivity index (χ1n) is 6.49. The lowest BCUT2D eigenvalue weighted by molar-refractivity contribution is -0.127. The molecule has 4 nitrogen and oxygen atoms in total. The van der Waals surface area contributed by atoms with Crippen LogP contribution in [0.3, 0.4) is 0 Å². The maximum absolute atomic E-state index is 11.8. The molecule has 0 atom stereocenters. The molecule has 0 aromatic heterocycles. The van der Waals surface area contributed by atoms with E-state index in [2.05, 4.69) is 21.2 Å². The minimum absolute atomic E-state index is 0.0985. The average molecular weight is 328 g/mol. The second-order valence-corrected chi connectivity index (χ2v) is 5.40. The molecule has 0 radical (unpaired) electrons. The van der Waals surface area contributed by atoms with Crippen LogP contribution < -0.4 is 10.1 Å². The van der Waals surface area contributed by atoms with Crippen molar-refractivity contribution in [3.63, 3.8) is 0 Å². The van der Waals surface area contributed by atoms with Crippen molar-refractivity contribution in [2.24, 2.45) is 5.92 Å². The molecule has 1 aromatic rings. The van der Waals surface area contributed by atoms with Gasteiger partial charge in [-0.3, -0.25) is 4.79 Å². The van der Waals surface area contributed by atoms with Crippen LogP contribution in [0.1, 0.15) is 12.8 Å². The Hall–Kier alpha value is -1.07. The third-order valence-electron chi connectivity index (χ3n) is 3.08. The topological polar surface area (TPSA) is 47.6 Å². The monoisotopic (exact) mass is 327 g/mol. The highest BCUT2D eigenvalue weighted by atomic mass is 79.9. The number of rotatable bonds is 5. The lowest BCUT2D eigenvalue weighted by Crippen LogP contribution is -2.36. The van der Waals surface area contributed by atoms with Crippen LogP contribution in [0.2, 0.25) is 0 Å². The number of ether oxygens (including phenoxy) is 2. The molecule has 0 unspecified atom stereocenters. The van der Waals surface area contributed by atoms with Gasteiger partial charge in [-0.2, -0.15) is 0 Å². The van der Waals surface area contributed by atoms with Crippen LogP contribution in [0, 0.1) is 5.92 Å². The summed E-state index contributed by atoms with van der Waals surface area (Å²) in [6.07, 6.45) is 1.64. The van der Waals surface area contributed by atoms with Crippen molar-refractivity contribution in [2.45, 2.75) is 12.8 Å². The van der Waals surface area contributed by atoms with Crippen molar-refractivity contribution in [2.75, 3.05) is 26.4 Å². The van der Waals surface area contributed by atoms with Crippen molar-refractivity contribution in [3.05, 3.63) is 28.7 Å². The standard InChI is InChI=1S/C14H18BrNO3/c15-12-1-3-13(4-2-12)19-10-7-16-14(17)11-5-8-18-9-6-11/h1-4,11H,5-10H2,(H,16,17). The SMILES string of the molecule is O=C(NCCOc1ccc(Br)cc1)C1CCOCC1. The van der Waals surface area contributed by atoms with Gasteiger partial charge in [0.2, 0.25) is 5.91 Å². The Balaban J connectivity index is 1.63. The van der Waals surface area contributed by atoms with E-state index in [1.807, 2.05) is 24.3 Å². The molecule has 0 spiro atoms. The van der Waals surface area contributed by atoms with E-state index in [1.165, 1.54) is 0 Å². The molecule has 2 rings (SSSR count). The predicted octanol–water partition coefficient (Wildman–Crippen LogP) is 2.37. The number of benzene rings is 1. The fourth-order valence-electron chi connectivity index (χ4n) is 1.98. The first kappa shape index (κ1) is 14.3. The van der Waals surface area contributed by atoms with Gasteiger partial charge in [0.15, 0.2) is 0 Å². The molecule has 1 aliphatic heterocycles. The van der Waals surface area contributed by atoms with E-state index < -0.39 is 0 Å². The molecule has 0 saturated carbocycles. The molecule has 1 saturated heterocycles. The second kappa shape index (κ2) is 7.50. The van der Waals surface area contributed by atoms with Gasteiger partial charge in [-0.05, 0) is 37.1 Å². The number of carbonyl (C=O) groups excluding carboxylic acids is 1. The maximum Gasteiger partial charge on any atom is 0.223 e. The lowest BCUT2D eigenvalue weighted by Gasteiger charge is -2.21. The first-order chi connectivity index (χ1) is 9.25. The fraction of sp³-hybridized carbons (Fsp3) is 0.500. The Kier molecular flexibility index (Phi) is 5.66. The summed E-state index contributed by atoms with van der Waals surface area (Å²) in [5.41, 5.74) is 0. The molecular formula is C14H18BrNO3. The van der Waals surface area contributed by atoms with E-state index in [9.17, 15) is 4.79 Å². The quantitative estimate of drug-likeness (QED) is 0.844. The minimum atomic E-state index is 0.0985. The lowest BCUT2D eigenvalue weighted by atomic mass is 9.99. The van der Waals surface area contributed by atoms with Gasteiger partial charge < -0.3 is 14.8 Å². The van der Waals surface area contributed by atoms with Gasteiger partial charge in [-0.15, -0.1) is 0 Å². The highest BCUT2D eigenvalue weighted by Crippen LogP contribution is 2.16. The van der Waals surface area contributed by atoms with Gasteiger partial charge in [0.05, 0.1) is 6.54 Å². The van der Waals surface area contributed by atoms with Crippen LogP contribution in [-0.4, -0.2) is 32.3 Å².